The first-order valence-corrected chi connectivity index (χ1v) is 11.5. The number of anilines is 1. The van der Waals surface area contributed by atoms with E-state index in [1.54, 1.807) is 7.11 Å². The van der Waals surface area contributed by atoms with Gasteiger partial charge >= 0.3 is 0 Å². The zero-order chi connectivity index (χ0) is 20.3. The van der Waals surface area contributed by atoms with Gasteiger partial charge in [-0.25, -0.2) is 0 Å². The fourth-order valence-corrected chi connectivity index (χ4v) is 4.26. The number of nitrogens with one attached hydrogen (secondary N) is 2. The molecule has 1 aliphatic rings. The van der Waals surface area contributed by atoms with Gasteiger partial charge in [-0.05, 0) is 61.6 Å². The van der Waals surface area contributed by atoms with Crippen LogP contribution in [0.25, 0.3) is 0 Å². The molecule has 2 aromatic carbocycles. The van der Waals surface area contributed by atoms with Gasteiger partial charge in [-0.15, -0.1) is 12.4 Å². The maximum absolute atomic E-state index is 5.62. The van der Waals surface area contributed by atoms with Gasteiger partial charge in [0.25, 0.3) is 0 Å². The number of ether oxygens (including phenoxy) is 1. The van der Waals surface area contributed by atoms with Gasteiger partial charge in [-0.1, -0.05) is 63.3 Å². The Hall–Kier alpha value is -1.71. The average Bonchev–Trinajstić information content (AvgIpc) is 2.78. The largest absolute Gasteiger partial charge is 0.496 e. The van der Waals surface area contributed by atoms with Crippen molar-refractivity contribution < 1.29 is 4.74 Å². The van der Waals surface area contributed by atoms with Crippen LogP contribution in [0.3, 0.4) is 0 Å². The lowest BCUT2D eigenvalue weighted by Crippen LogP contribution is -2.26. The molecule has 1 atom stereocenters. The van der Waals surface area contributed by atoms with Gasteiger partial charge in [0.2, 0.25) is 0 Å². The Morgan fingerprint density at radius 3 is 2.67 bits per heavy atom. The number of benzene rings is 2. The van der Waals surface area contributed by atoms with Crippen molar-refractivity contribution in [2.75, 3.05) is 19.0 Å². The predicted molar refractivity (Wildman–Crippen MR) is 131 cm³/mol. The van der Waals surface area contributed by atoms with Gasteiger partial charge in [0.1, 0.15) is 5.75 Å². The summed E-state index contributed by atoms with van der Waals surface area (Å²) in [6, 6.07) is 16.0. The predicted octanol–water partition coefficient (Wildman–Crippen LogP) is 7.06. The van der Waals surface area contributed by atoms with Crippen molar-refractivity contribution in [3.63, 3.8) is 0 Å². The molecule has 30 heavy (non-hydrogen) atoms. The van der Waals surface area contributed by atoms with Crippen LogP contribution in [0.2, 0.25) is 0 Å². The van der Waals surface area contributed by atoms with Crippen LogP contribution in [-0.2, 0) is 13.0 Å². The maximum atomic E-state index is 5.62. The van der Waals surface area contributed by atoms with Crippen molar-refractivity contribution in [1.82, 2.24) is 5.32 Å². The van der Waals surface area contributed by atoms with Crippen LogP contribution < -0.4 is 15.4 Å². The van der Waals surface area contributed by atoms with Gasteiger partial charge in [-0.3, -0.25) is 0 Å². The summed E-state index contributed by atoms with van der Waals surface area (Å²) in [5.41, 5.74) is 5.23. The molecule has 3 nitrogen and oxygen atoms in total. The van der Waals surface area contributed by atoms with Crippen LogP contribution >= 0.6 is 12.4 Å². The van der Waals surface area contributed by atoms with E-state index in [9.17, 15) is 0 Å². The molecule has 1 heterocycles. The lowest BCUT2D eigenvalue weighted by Gasteiger charge is -2.24. The van der Waals surface area contributed by atoms with E-state index >= 15 is 0 Å². The summed E-state index contributed by atoms with van der Waals surface area (Å²) >= 11 is 0. The number of aryl methyl sites for hydroxylation is 1. The Morgan fingerprint density at radius 1 is 1.03 bits per heavy atom. The van der Waals surface area contributed by atoms with Crippen LogP contribution in [-0.4, -0.2) is 13.7 Å². The highest BCUT2D eigenvalue weighted by Crippen LogP contribution is 2.26. The normalized spacial score (nSPS) is 16.0. The van der Waals surface area contributed by atoms with E-state index in [4.69, 9.17) is 4.74 Å². The molecule has 1 saturated heterocycles. The number of hydrogen-bond donors (Lipinski definition) is 2. The van der Waals surface area contributed by atoms with Crippen LogP contribution in [0.4, 0.5) is 5.69 Å². The molecule has 2 N–H and O–H groups in total. The second kappa shape index (κ2) is 13.6. The molecule has 166 valence electrons. The number of unbranched alkanes of at least 4 members (excludes halogenated alkanes) is 4. The van der Waals surface area contributed by atoms with E-state index in [0.29, 0.717) is 6.04 Å². The van der Waals surface area contributed by atoms with E-state index in [1.165, 1.54) is 73.7 Å². The molecule has 0 aromatic heterocycles. The first kappa shape index (κ1) is 24.6. The average molecular weight is 431 g/mol. The minimum Gasteiger partial charge on any atom is -0.496 e. The first-order valence-electron chi connectivity index (χ1n) is 11.5. The Bertz CT molecular complexity index is 744. The quantitative estimate of drug-likeness (QED) is 0.374. The van der Waals surface area contributed by atoms with Crippen LogP contribution in [0.1, 0.15) is 81.0 Å². The Morgan fingerprint density at radius 2 is 1.90 bits per heavy atom. The van der Waals surface area contributed by atoms with Gasteiger partial charge < -0.3 is 15.4 Å². The third-order valence-corrected chi connectivity index (χ3v) is 6.00. The van der Waals surface area contributed by atoms with Crippen molar-refractivity contribution in [3.05, 3.63) is 59.2 Å². The van der Waals surface area contributed by atoms with E-state index in [-0.39, 0.29) is 12.4 Å². The Labute approximate surface area is 189 Å². The fourth-order valence-electron chi connectivity index (χ4n) is 4.26. The van der Waals surface area contributed by atoms with Gasteiger partial charge in [-0.2, -0.15) is 0 Å². The van der Waals surface area contributed by atoms with Crippen molar-refractivity contribution >= 4 is 18.1 Å². The molecule has 1 fully saturated rings. The molecule has 3 rings (SSSR count). The lowest BCUT2D eigenvalue weighted by atomic mass is 9.97. The summed E-state index contributed by atoms with van der Waals surface area (Å²) in [7, 11) is 1.76. The third kappa shape index (κ3) is 7.52. The molecule has 2 aromatic rings. The molecule has 0 saturated carbocycles. The van der Waals surface area contributed by atoms with Gasteiger partial charge in [0.15, 0.2) is 0 Å². The summed E-state index contributed by atoms with van der Waals surface area (Å²) in [5, 5.41) is 7.27. The lowest BCUT2D eigenvalue weighted by molar-refractivity contribution is 0.410. The molecular formula is C26H39ClN2O. The van der Waals surface area contributed by atoms with E-state index in [2.05, 4.69) is 60.0 Å². The second-order valence-corrected chi connectivity index (χ2v) is 8.29. The summed E-state index contributed by atoms with van der Waals surface area (Å²) in [6.07, 6.45) is 11.6. The van der Waals surface area contributed by atoms with E-state index in [0.717, 1.165) is 25.3 Å². The molecule has 0 amide bonds. The highest BCUT2D eigenvalue weighted by molar-refractivity contribution is 5.85. The van der Waals surface area contributed by atoms with Crippen molar-refractivity contribution in [3.8, 4) is 5.75 Å². The smallest absolute Gasteiger partial charge is 0.123 e. The summed E-state index contributed by atoms with van der Waals surface area (Å²) in [6.45, 7) is 4.18. The molecule has 1 aliphatic heterocycles. The first-order chi connectivity index (χ1) is 14.3. The molecule has 0 radical (unpaired) electrons. The SMILES string of the molecule is CCCCCCCc1ccc(OC)c(CNc2cccc([C@@H]3CCCCN3)c2)c1.Cl. The van der Waals surface area contributed by atoms with Gasteiger partial charge in [0, 0.05) is 23.8 Å². The number of rotatable bonds is 11. The molecule has 0 bridgehead atoms. The topological polar surface area (TPSA) is 33.3 Å². The fraction of sp³-hybridized carbons (Fsp3) is 0.538. The zero-order valence-corrected chi connectivity index (χ0v) is 19.5. The van der Waals surface area contributed by atoms with Crippen molar-refractivity contribution in [2.24, 2.45) is 0 Å². The van der Waals surface area contributed by atoms with Gasteiger partial charge in [0.05, 0.1) is 7.11 Å². The standard InChI is InChI=1S/C26H38N2O.ClH/c1-3-4-5-6-7-11-21-15-16-26(29-2)23(18-21)20-28-24-13-10-12-22(19-24)25-14-8-9-17-27-25;/h10,12-13,15-16,18-19,25,27-28H,3-9,11,14,17,20H2,1-2H3;1H/t25-;/m0./s1. The summed E-state index contributed by atoms with van der Waals surface area (Å²) in [5.74, 6) is 0.970. The summed E-state index contributed by atoms with van der Waals surface area (Å²) < 4.78 is 5.62. The molecule has 4 heteroatoms. The molecule has 0 spiro atoms. The van der Waals surface area contributed by atoms with Crippen LogP contribution in [0.5, 0.6) is 5.75 Å². The number of methoxy groups -OCH3 is 1. The van der Waals surface area contributed by atoms with E-state index < -0.39 is 0 Å². The minimum atomic E-state index is 0. The highest BCUT2D eigenvalue weighted by Gasteiger charge is 2.14. The van der Waals surface area contributed by atoms with E-state index in [1.807, 2.05) is 0 Å². The summed E-state index contributed by atoms with van der Waals surface area (Å²) in [4.78, 5) is 0. The van der Waals surface area contributed by atoms with Crippen LogP contribution in [0.15, 0.2) is 42.5 Å². The highest BCUT2D eigenvalue weighted by atomic mass is 35.5. The Balaban J connectivity index is 0.00000320. The third-order valence-electron chi connectivity index (χ3n) is 6.00. The molecule has 0 aliphatic carbocycles. The monoisotopic (exact) mass is 430 g/mol. The van der Waals surface area contributed by atoms with Crippen molar-refractivity contribution in [2.45, 2.75) is 77.3 Å². The maximum Gasteiger partial charge on any atom is 0.123 e. The molecular weight excluding hydrogens is 392 g/mol. The zero-order valence-electron chi connectivity index (χ0n) is 18.7. The Kier molecular flexibility index (Phi) is 11.1. The second-order valence-electron chi connectivity index (χ2n) is 8.29. The number of piperidine rings is 1. The number of hydrogen-bond acceptors (Lipinski definition) is 3. The van der Waals surface area contributed by atoms with Crippen LogP contribution in [0, 0.1) is 0 Å². The van der Waals surface area contributed by atoms with Crippen molar-refractivity contribution in [1.29, 1.82) is 0 Å². The molecule has 0 unspecified atom stereocenters. The number of halogens is 1. The minimum absolute atomic E-state index is 0.